The number of non-ortho nitro benzene ring substituents is 1. The molecule has 1 N–H and O–H groups in total. The number of pyridine rings is 1. The molecule has 0 saturated carbocycles. The summed E-state index contributed by atoms with van der Waals surface area (Å²) in [4.78, 5) is 39.8. The summed E-state index contributed by atoms with van der Waals surface area (Å²) < 4.78 is 5.74. The number of nitrogens with one attached hydrogen (secondary N) is 1. The lowest BCUT2D eigenvalue weighted by Crippen LogP contribution is -2.27. The van der Waals surface area contributed by atoms with Crippen molar-refractivity contribution in [3.05, 3.63) is 97.0 Å². The van der Waals surface area contributed by atoms with Gasteiger partial charge in [-0.2, -0.15) is 0 Å². The number of aromatic nitrogens is 1. The number of fused-ring (bicyclic) bond motifs is 1. The van der Waals surface area contributed by atoms with Gasteiger partial charge in [0.1, 0.15) is 11.5 Å². The van der Waals surface area contributed by atoms with Crippen molar-refractivity contribution in [3.8, 4) is 11.3 Å². The van der Waals surface area contributed by atoms with Crippen LogP contribution in [0.25, 0.3) is 22.2 Å². The van der Waals surface area contributed by atoms with Gasteiger partial charge in [0.25, 0.3) is 11.6 Å². The van der Waals surface area contributed by atoms with Gasteiger partial charge in [0.05, 0.1) is 15.5 Å². The third-order valence-corrected chi connectivity index (χ3v) is 5.48. The quantitative estimate of drug-likeness (QED) is 0.341. The molecule has 0 unspecified atom stereocenters. The summed E-state index contributed by atoms with van der Waals surface area (Å²) >= 11 is 6.20. The number of hydrogen-bond donors (Lipinski definition) is 1. The maximum atomic E-state index is 13.1. The minimum atomic E-state index is -0.536. The molecule has 1 amide bonds. The molecular weight excluding hydrogens is 434 g/mol. The van der Waals surface area contributed by atoms with E-state index < -0.39 is 4.92 Å². The van der Waals surface area contributed by atoms with Crippen LogP contribution >= 0.6 is 11.6 Å². The highest BCUT2D eigenvalue weighted by molar-refractivity contribution is 6.33. The second-order valence-corrected chi connectivity index (χ2v) is 7.77. The molecule has 2 aromatic carbocycles. The summed E-state index contributed by atoms with van der Waals surface area (Å²) in [6, 6.07) is 14.5. The molecule has 0 spiro atoms. The molecule has 162 valence electrons. The lowest BCUT2D eigenvalue weighted by molar-refractivity contribution is -0.384. The number of hydrogen-bond acceptors (Lipinski definition) is 5. The van der Waals surface area contributed by atoms with Gasteiger partial charge in [0, 0.05) is 48.3 Å². The molecule has 0 radical (unpaired) electrons. The van der Waals surface area contributed by atoms with Crippen LogP contribution in [0.3, 0.4) is 0 Å². The Kier molecular flexibility index (Phi) is 5.54. The summed E-state index contributed by atoms with van der Waals surface area (Å²) in [7, 11) is 1.64. The molecule has 0 aliphatic carbocycles. The Morgan fingerprint density at radius 3 is 2.66 bits per heavy atom. The van der Waals surface area contributed by atoms with Gasteiger partial charge < -0.3 is 14.3 Å². The van der Waals surface area contributed by atoms with Crippen LogP contribution in [-0.2, 0) is 6.54 Å². The monoisotopic (exact) mass is 451 g/mol. The molecule has 0 fully saturated rings. The molecule has 9 heteroatoms. The van der Waals surface area contributed by atoms with Crippen molar-refractivity contribution in [1.82, 2.24) is 9.88 Å². The van der Waals surface area contributed by atoms with Gasteiger partial charge in [-0.15, -0.1) is 0 Å². The predicted molar refractivity (Wildman–Crippen MR) is 121 cm³/mol. The van der Waals surface area contributed by atoms with E-state index in [-0.39, 0.29) is 28.7 Å². The van der Waals surface area contributed by atoms with E-state index in [1.807, 2.05) is 24.3 Å². The Bertz CT molecular complexity index is 1420. The van der Waals surface area contributed by atoms with Crippen LogP contribution in [0.15, 0.2) is 63.8 Å². The van der Waals surface area contributed by atoms with Crippen molar-refractivity contribution in [3.63, 3.8) is 0 Å². The predicted octanol–water partition coefficient (Wildman–Crippen LogP) is 4.93. The van der Waals surface area contributed by atoms with Crippen LogP contribution in [0.2, 0.25) is 5.02 Å². The van der Waals surface area contributed by atoms with E-state index in [0.29, 0.717) is 28.2 Å². The Hall–Kier alpha value is -3.91. The van der Waals surface area contributed by atoms with E-state index in [2.05, 4.69) is 4.98 Å². The summed E-state index contributed by atoms with van der Waals surface area (Å²) in [5.41, 5.74) is 1.83. The maximum Gasteiger partial charge on any atom is 0.270 e. The third kappa shape index (κ3) is 4.00. The van der Waals surface area contributed by atoms with Crippen LogP contribution < -0.4 is 5.56 Å². The van der Waals surface area contributed by atoms with Gasteiger partial charge in [-0.3, -0.25) is 19.7 Å². The smallest absolute Gasteiger partial charge is 0.270 e. The summed E-state index contributed by atoms with van der Waals surface area (Å²) in [5.74, 6) is 0.433. The van der Waals surface area contributed by atoms with E-state index in [4.69, 9.17) is 16.0 Å². The molecule has 0 bridgehead atoms. The van der Waals surface area contributed by atoms with E-state index in [9.17, 15) is 19.7 Å². The number of aromatic amines is 1. The highest BCUT2D eigenvalue weighted by Gasteiger charge is 2.22. The Morgan fingerprint density at radius 2 is 1.94 bits per heavy atom. The molecule has 2 aromatic heterocycles. The van der Waals surface area contributed by atoms with E-state index in [0.717, 1.165) is 10.9 Å². The highest BCUT2D eigenvalue weighted by atomic mass is 35.5. The zero-order valence-electron chi connectivity index (χ0n) is 17.2. The Balaban J connectivity index is 1.63. The van der Waals surface area contributed by atoms with Crippen LogP contribution in [0.1, 0.15) is 21.7 Å². The van der Waals surface area contributed by atoms with Gasteiger partial charge in [-0.25, -0.2) is 0 Å². The zero-order valence-corrected chi connectivity index (χ0v) is 18.0. The number of aryl methyl sites for hydroxylation is 1. The summed E-state index contributed by atoms with van der Waals surface area (Å²) in [5, 5.41) is 11.9. The zero-order chi connectivity index (χ0) is 23.0. The first kappa shape index (κ1) is 21.3. The fourth-order valence-electron chi connectivity index (χ4n) is 3.59. The lowest BCUT2D eigenvalue weighted by Gasteiger charge is -2.18. The molecule has 0 aliphatic heterocycles. The number of rotatable bonds is 5. The van der Waals surface area contributed by atoms with Gasteiger partial charge in [-0.1, -0.05) is 29.8 Å². The van der Waals surface area contributed by atoms with Crippen LogP contribution in [0, 0.1) is 17.0 Å². The number of para-hydroxylation sites is 1. The van der Waals surface area contributed by atoms with Gasteiger partial charge in [0.2, 0.25) is 5.56 Å². The molecule has 0 atom stereocenters. The summed E-state index contributed by atoms with van der Waals surface area (Å²) in [6.45, 7) is 1.88. The first-order valence-electron chi connectivity index (χ1n) is 9.65. The number of benzene rings is 2. The minimum Gasteiger partial charge on any atom is -0.460 e. The van der Waals surface area contributed by atoms with Crippen molar-refractivity contribution < 1.29 is 14.1 Å². The molecular formula is C23H18ClN3O5. The molecule has 4 rings (SSSR count). The number of carbonyl (C=O) groups is 1. The first-order valence-corrected chi connectivity index (χ1v) is 10.0. The number of H-pyrrole nitrogens is 1. The molecule has 0 aliphatic rings. The maximum absolute atomic E-state index is 13.1. The SMILES string of the molecule is Cc1oc(-c2ccc([N+](=O)[O-])cc2Cl)cc1C(=O)N(C)Cc1cc(=O)[nH]c2ccccc12. The largest absolute Gasteiger partial charge is 0.460 e. The number of carbonyl (C=O) groups excluding carboxylic acids is 1. The van der Waals surface area contributed by atoms with E-state index in [1.54, 1.807) is 20.0 Å². The number of nitrogens with zero attached hydrogens (tertiary/aromatic N) is 2. The number of halogens is 1. The highest BCUT2D eigenvalue weighted by Crippen LogP contribution is 2.34. The molecule has 2 heterocycles. The molecule has 8 nitrogen and oxygen atoms in total. The summed E-state index contributed by atoms with van der Waals surface area (Å²) in [6.07, 6.45) is 0. The fraction of sp³-hybridized carbons (Fsp3) is 0.130. The van der Waals surface area contributed by atoms with Gasteiger partial charge in [0.15, 0.2) is 0 Å². The minimum absolute atomic E-state index is 0.136. The molecule has 0 saturated heterocycles. The molecule has 4 aromatic rings. The topological polar surface area (TPSA) is 109 Å². The van der Waals surface area contributed by atoms with Gasteiger partial charge >= 0.3 is 0 Å². The van der Waals surface area contributed by atoms with E-state index in [1.165, 1.54) is 29.2 Å². The number of furan rings is 1. The second-order valence-electron chi connectivity index (χ2n) is 7.37. The number of amides is 1. The number of nitro benzene ring substituents is 1. The van der Waals surface area contributed by atoms with E-state index >= 15 is 0 Å². The van der Waals surface area contributed by atoms with Crippen LogP contribution in [-0.4, -0.2) is 27.8 Å². The van der Waals surface area contributed by atoms with Crippen molar-refractivity contribution in [2.24, 2.45) is 0 Å². The average Bonchev–Trinajstić information content (AvgIpc) is 3.14. The van der Waals surface area contributed by atoms with Crippen LogP contribution in [0.4, 0.5) is 5.69 Å². The van der Waals surface area contributed by atoms with Crippen molar-refractivity contribution >= 4 is 34.1 Å². The second kappa shape index (κ2) is 8.32. The van der Waals surface area contributed by atoms with Crippen molar-refractivity contribution in [2.45, 2.75) is 13.5 Å². The normalized spacial score (nSPS) is 11.0. The fourth-order valence-corrected chi connectivity index (χ4v) is 3.85. The Morgan fingerprint density at radius 1 is 1.19 bits per heavy atom. The standard InChI is InChI=1S/C23H18ClN3O5/c1-13-18(11-21(32-13)17-8-7-15(27(30)31)10-19(17)24)23(29)26(2)12-14-9-22(28)25-20-6-4-3-5-16(14)20/h3-11H,12H2,1-2H3,(H,25,28). The lowest BCUT2D eigenvalue weighted by atomic mass is 10.1. The van der Waals surface area contributed by atoms with Gasteiger partial charge in [-0.05, 0) is 30.7 Å². The molecule has 32 heavy (non-hydrogen) atoms. The van der Waals surface area contributed by atoms with Crippen molar-refractivity contribution in [2.75, 3.05) is 7.05 Å². The first-order chi connectivity index (χ1) is 15.2. The van der Waals surface area contributed by atoms with Crippen molar-refractivity contribution in [1.29, 1.82) is 0 Å². The third-order valence-electron chi connectivity index (χ3n) is 5.17. The Labute approximate surface area is 187 Å². The average molecular weight is 452 g/mol. The van der Waals surface area contributed by atoms with Crippen LogP contribution in [0.5, 0.6) is 0 Å². The number of nitro groups is 1.